The number of hydrogen-bond donors (Lipinski definition) is 0. The molecule has 0 spiro atoms. The second kappa shape index (κ2) is 3.41. The predicted octanol–water partition coefficient (Wildman–Crippen LogP) is 1.61. The van der Waals surface area contributed by atoms with Crippen molar-refractivity contribution in [2.24, 2.45) is 0 Å². The average molecular weight is 120 g/mol. The van der Waals surface area contributed by atoms with Crippen molar-refractivity contribution in [2.75, 3.05) is 0 Å². The van der Waals surface area contributed by atoms with Gasteiger partial charge in [-0.2, -0.15) is 0 Å². The summed E-state index contributed by atoms with van der Waals surface area (Å²) in [4.78, 5) is 0. The molecule has 0 heterocycles. The van der Waals surface area contributed by atoms with Crippen LogP contribution in [0, 0.1) is 0 Å². The molecule has 0 saturated carbocycles. The van der Waals surface area contributed by atoms with Crippen LogP contribution >= 0.6 is 0 Å². The van der Waals surface area contributed by atoms with Gasteiger partial charge in [0.1, 0.15) is 0 Å². The molecule has 7 heavy (non-hydrogen) atoms. The molecule has 0 N–H and O–H groups in total. The summed E-state index contributed by atoms with van der Waals surface area (Å²) in [6.45, 7) is 0. The van der Waals surface area contributed by atoms with Crippen molar-refractivity contribution in [3.05, 3.63) is 5.74 Å². The van der Waals surface area contributed by atoms with Gasteiger partial charge >= 0.3 is 80.4 Å². The summed E-state index contributed by atoms with van der Waals surface area (Å²) in [5.41, 5.74) is 0. The zero-order chi connectivity index (χ0) is 5.11. The van der Waals surface area contributed by atoms with Crippen LogP contribution in [-0.4, -0.2) is 49.0 Å². The van der Waals surface area contributed by atoms with E-state index in [1.807, 2.05) is 0 Å². The van der Waals surface area contributed by atoms with Crippen LogP contribution in [0.25, 0.3) is 0 Å². The monoisotopic (exact) mass is 120 g/mol. The molecule has 1 heteroatoms. The van der Waals surface area contributed by atoms with Crippen molar-refractivity contribution in [3.63, 3.8) is 0 Å². The molecule has 0 aromatic heterocycles. The average Bonchev–Trinajstić information content (AvgIpc) is 1.69. The van der Waals surface area contributed by atoms with Crippen LogP contribution in [0.2, 0.25) is 0 Å². The zero-order valence-electron chi connectivity index (χ0n) is 4.91. The van der Waals surface area contributed by atoms with Crippen LogP contribution < -0.4 is 0 Å². The van der Waals surface area contributed by atoms with E-state index in [0.29, 0.717) is 0 Å². The van der Waals surface area contributed by atoms with E-state index in [9.17, 15) is 0 Å². The molecule has 0 unspecified atom stereocenters. The van der Waals surface area contributed by atoms with Crippen LogP contribution in [0.5, 0.6) is 0 Å². The molecule has 0 nitrogen and oxygen atoms in total. The van der Waals surface area contributed by atoms with E-state index >= 15 is 0 Å². The summed E-state index contributed by atoms with van der Waals surface area (Å²) in [6, 6.07) is 0. The van der Waals surface area contributed by atoms with E-state index in [0.717, 1.165) is 49.0 Å². The number of hydrogen-bond acceptors (Lipinski definition) is 0. The summed E-state index contributed by atoms with van der Waals surface area (Å²) in [7, 11) is 0. The van der Waals surface area contributed by atoms with E-state index in [-0.39, 0.29) is 0 Å². The molecule has 0 aromatic carbocycles. The van der Waals surface area contributed by atoms with Crippen molar-refractivity contribution < 1.29 is 0 Å². The Morgan fingerprint density at radius 3 is 2.57 bits per heavy atom. The van der Waals surface area contributed by atoms with Crippen LogP contribution in [0.3, 0.4) is 0 Å². The molecule has 0 bridgehead atoms. The quantitative estimate of drug-likeness (QED) is 0.426. The first kappa shape index (κ1) is 6.50. The van der Waals surface area contributed by atoms with Gasteiger partial charge in [0.05, 0.1) is 0 Å². The molecule has 1 aliphatic rings. The second-order valence-electron chi connectivity index (χ2n) is 2.30. The minimum absolute atomic E-state index is 0.993. The molecule has 34 valence electrons. The van der Waals surface area contributed by atoms with Gasteiger partial charge in [-0.1, -0.05) is 0 Å². The van der Waals surface area contributed by atoms with E-state index < -0.39 is 0 Å². The summed E-state index contributed by atoms with van der Waals surface area (Å²) in [6.07, 6.45) is 8.15. The molecule has 1 aliphatic carbocycles. The fraction of sp³-hybridized carbons (Fsp3) is 0.667. The van der Waals surface area contributed by atoms with Crippen LogP contribution in [0.4, 0.5) is 0 Å². The first-order valence-corrected chi connectivity index (χ1v) is 4.61. The van der Waals surface area contributed by atoms with Gasteiger partial charge in [-0.15, -0.1) is 0 Å². The maximum atomic E-state index is 2.43. The van der Waals surface area contributed by atoms with Gasteiger partial charge in [-0.05, 0) is 0 Å². The van der Waals surface area contributed by atoms with E-state index in [1.165, 1.54) is 25.7 Å². The molecular weight excluding hydrogens is 111 g/mol. The fourth-order valence-corrected chi connectivity index (χ4v) is 2.00. The second-order valence-corrected chi connectivity index (χ2v) is 4.30. The molecule has 0 amide bonds. The van der Waals surface area contributed by atoms with Gasteiger partial charge in [0, 0.05) is 0 Å². The Hall–Kier alpha value is 1.38. The molecular formula is C6H9K. The Labute approximate surface area is 79.0 Å². The first-order valence-electron chi connectivity index (χ1n) is 3.05. The van der Waals surface area contributed by atoms with E-state index in [1.54, 1.807) is -0.332 Å². The Kier molecular flexibility index (Phi) is 3.17. The molecule has 0 aromatic rings. The Morgan fingerprint density at radius 1 is 1.43 bits per heavy atom. The minimum atomic E-state index is 0.993. The Balaban J connectivity index is 2.40. The van der Waals surface area contributed by atoms with Crippen LogP contribution in [0.1, 0.15) is 25.7 Å². The summed E-state index contributed by atoms with van der Waals surface area (Å²) in [5, 5.41) is 0. The molecule has 0 fully saturated rings. The van der Waals surface area contributed by atoms with Gasteiger partial charge in [0.25, 0.3) is 0 Å². The Bertz CT molecular complexity index is 84.2. The van der Waals surface area contributed by atoms with Crippen molar-refractivity contribution in [3.8, 4) is 0 Å². The van der Waals surface area contributed by atoms with Gasteiger partial charge in [0.2, 0.25) is 0 Å². The third-order valence-electron chi connectivity index (χ3n) is 1.52. The van der Waals surface area contributed by atoms with Crippen molar-refractivity contribution in [1.82, 2.24) is 0 Å². The van der Waals surface area contributed by atoms with E-state index in [2.05, 4.69) is 6.08 Å². The van der Waals surface area contributed by atoms with Gasteiger partial charge in [-0.3, -0.25) is 0 Å². The Morgan fingerprint density at radius 2 is 2.29 bits per heavy atom. The van der Waals surface area contributed by atoms with E-state index in [4.69, 9.17) is 0 Å². The summed E-state index contributed by atoms with van der Waals surface area (Å²) in [5.74, 6) is 0. The SMILES string of the molecule is [K][C]1=CCCCC1. The van der Waals surface area contributed by atoms with Crippen LogP contribution in [-0.2, 0) is 0 Å². The first-order chi connectivity index (χ1) is 3.39. The standard InChI is InChI=1S/C6H9.K/c1-2-4-6-5-3-1;/h1H,2,4-6H2;. The van der Waals surface area contributed by atoms with Crippen molar-refractivity contribution >= 4 is 49.0 Å². The van der Waals surface area contributed by atoms with Gasteiger partial charge in [-0.25, -0.2) is 0 Å². The number of rotatable bonds is 0. The predicted molar refractivity (Wildman–Crippen MR) is 32.3 cm³/mol. The third kappa shape index (κ3) is 2.43. The third-order valence-corrected chi connectivity index (χ3v) is 2.94. The molecule has 0 saturated heterocycles. The molecule has 1 rings (SSSR count). The maximum absolute atomic E-state index is 2.43. The topological polar surface area (TPSA) is 0 Å². The van der Waals surface area contributed by atoms with Crippen molar-refractivity contribution in [2.45, 2.75) is 25.7 Å². The molecule has 0 radical (unpaired) electrons. The summed E-state index contributed by atoms with van der Waals surface area (Å²) >= 11 is 0.993. The van der Waals surface area contributed by atoms with Crippen molar-refractivity contribution in [1.29, 1.82) is 0 Å². The normalized spacial score (nSPS) is 21.7. The van der Waals surface area contributed by atoms with Gasteiger partial charge in [0.15, 0.2) is 0 Å². The fourth-order valence-electron chi connectivity index (χ4n) is 0.999. The zero-order valence-corrected chi connectivity index (χ0v) is 8.03. The summed E-state index contributed by atoms with van der Waals surface area (Å²) < 4.78 is 1.78. The number of allylic oxidation sites excluding steroid dienone is 2. The molecule has 0 aliphatic heterocycles. The van der Waals surface area contributed by atoms with Gasteiger partial charge < -0.3 is 0 Å². The van der Waals surface area contributed by atoms with Crippen LogP contribution in [0.15, 0.2) is 5.74 Å². The molecule has 0 atom stereocenters.